The van der Waals surface area contributed by atoms with Gasteiger partial charge in [0.25, 0.3) is 5.56 Å². The highest BCUT2D eigenvalue weighted by atomic mass is 16.3. The number of amides is 1. The molecule has 7 heteroatoms. The van der Waals surface area contributed by atoms with E-state index >= 15 is 0 Å². The van der Waals surface area contributed by atoms with Gasteiger partial charge >= 0.3 is 0 Å². The van der Waals surface area contributed by atoms with Gasteiger partial charge in [0.15, 0.2) is 0 Å². The second-order valence-electron chi connectivity index (χ2n) is 5.87. The molecule has 7 nitrogen and oxygen atoms in total. The average Bonchev–Trinajstić information content (AvgIpc) is 2.43. The Hall–Kier alpha value is -2.41. The molecule has 3 rings (SSSR count). The number of aryl methyl sites for hydroxylation is 1. The van der Waals surface area contributed by atoms with Gasteiger partial charge in [-0.15, -0.1) is 0 Å². The summed E-state index contributed by atoms with van der Waals surface area (Å²) >= 11 is 0. The molecule has 2 heterocycles. The Kier molecular flexibility index (Phi) is 3.17. The highest BCUT2D eigenvalue weighted by Gasteiger charge is 2.42. The SMILES string of the molecule is Cc1nc2cccc(N)c2c(=O)n1C1(C)CCC(=O)NC1O. The van der Waals surface area contributed by atoms with E-state index in [0.717, 1.165) is 0 Å². The largest absolute Gasteiger partial charge is 0.398 e. The van der Waals surface area contributed by atoms with Crippen molar-refractivity contribution in [3.05, 3.63) is 34.4 Å². The summed E-state index contributed by atoms with van der Waals surface area (Å²) in [6.45, 7) is 3.44. The number of anilines is 1. The van der Waals surface area contributed by atoms with Crippen molar-refractivity contribution in [2.75, 3.05) is 5.73 Å². The lowest BCUT2D eigenvalue weighted by Gasteiger charge is -2.40. The average molecular weight is 302 g/mol. The molecule has 116 valence electrons. The second kappa shape index (κ2) is 4.81. The van der Waals surface area contributed by atoms with Gasteiger partial charge in [0, 0.05) is 12.1 Å². The molecule has 1 aliphatic heterocycles. The molecule has 0 aliphatic carbocycles. The Labute approximate surface area is 126 Å². The van der Waals surface area contributed by atoms with Crippen molar-refractivity contribution in [2.45, 2.75) is 38.5 Å². The van der Waals surface area contributed by atoms with Crippen LogP contribution in [0.25, 0.3) is 10.9 Å². The van der Waals surface area contributed by atoms with Crippen LogP contribution in [-0.4, -0.2) is 26.8 Å². The summed E-state index contributed by atoms with van der Waals surface area (Å²) in [6, 6.07) is 5.11. The summed E-state index contributed by atoms with van der Waals surface area (Å²) in [5, 5.41) is 13.1. The number of hydrogen-bond donors (Lipinski definition) is 3. The quantitative estimate of drug-likeness (QED) is 0.653. The molecule has 1 aromatic carbocycles. The number of nitrogens with two attached hydrogens (primary N) is 1. The summed E-state index contributed by atoms with van der Waals surface area (Å²) in [4.78, 5) is 28.8. The Morgan fingerprint density at radius 2 is 2.18 bits per heavy atom. The molecule has 1 aromatic heterocycles. The molecule has 2 unspecified atom stereocenters. The number of nitrogens with zero attached hydrogens (tertiary/aromatic N) is 2. The first kappa shape index (κ1) is 14.5. The topological polar surface area (TPSA) is 110 Å². The van der Waals surface area contributed by atoms with Crippen molar-refractivity contribution in [1.82, 2.24) is 14.9 Å². The fourth-order valence-electron chi connectivity index (χ4n) is 3.09. The summed E-state index contributed by atoms with van der Waals surface area (Å²) in [6.07, 6.45) is -0.572. The number of aliphatic hydroxyl groups is 1. The predicted octanol–water partition coefficient (Wildman–Crippen LogP) is 0.231. The number of nitrogen functional groups attached to an aromatic ring is 1. The van der Waals surface area contributed by atoms with E-state index in [2.05, 4.69) is 10.3 Å². The highest BCUT2D eigenvalue weighted by molar-refractivity contribution is 5.89. The fourth-order valence-corrected chi connectivity index (χ4v) is 3.09. The molecule has 2 aromatic rings. The number of nitrogens with one attached hydrogen (secondary N) is 1. The number of hydrogen-bond acceptors (Lipinski definition) is 5. The van der Waals surface area contributed by atoms with Crippen LogP contribution in [-0.2, 0) is 10.3 Å². The van der Waals surface area contributed by atoms with E-state index < -0.39 is 11.8 Å². The predicted molar refractivity (Wildman–Crippen MR) is 82.2 cm³/mol. The minimum atomic E-state index is -1.16. The number of benzene rings is 1. The van der Waals surface area contributed by atoms with Crippen molar-refractivity contribution in [2.24, 2.45) is 0 Å². The minimum Gasteiger partial charge on any atom is -0.398 e. The maximum absolute atomic E-state index is 12.9. The van der Waals surface area contributed by atoms with Gasteiger partial charge in [-0.1, -0.05) is 6.07 Å². The third kappa shape index (κ3) is 1.97. The van der Waals surface area contributed by atoms with Gasteiger partial charge in [0.2, 0.25) is 5.91 Å². The summed E-state index contributed by atoms with van der Waals surface area (Å²) in [5.74, 6) is 0.240. The van der Waals surface area contributed by atoms with E-state index in [1.165, 1.54) is 4.57 Å². The van der Waals surface area contributed by atoms with Gasteiger partial charge in [-0.05, 0) is 32.4 Å². The number of aliphatic hydroxyl groups excluding tert-OH is 1. The highest BCUT2D eigenvalue weighted by Crippen LogP contribution is 2.29. The molecule has 0 saturated carbocycles. The van der Waals surface area contributed by atoms with E-state index in [-0.39, 0.29) is 17.9 Å². The van der Waals surface area contributed by atoms with Crippen molar-refractivity contribution < 1.29 is 9.90 Å². The molecule has 0 spiro atoms. The van der Waals surface area contributed by atoms with Crippen LogP contribution in [0, 0.1) is 6.92 Å². The van der Waals surface area contributed by atoms with Crippen LogP contribution in [0.3, 0.4) is 0 Å². The lowest BCUT2D eigenvalue weighted by molar-refractivity contribution is -0.132. The zero-order valence-electron chi connectivity index (χ0n) is 12.5. The monoisotopic (exact) mass is 302 g/mol. The first-order valence-electron chi connectivity index (χ1n) is 7.10. The fraction of sp³-hybridized carbons (Fsp3) is 0.400. The first-order valence-corrected chi connectivity index (χ1v) is 7.10. The van der Waals surface area contributed by atoms with Crippen molar-refractivity contribution in [3.63, 3.8) is 0 Å². The van der Waals surface area contributed by atoms with Crippen LogP contribution < -0.4 is 16.6 Å². The summed E-state index contributed by atoms with van der Waals surface area (Å²) < 4.78 is 1.44. The standard InChI is InChI=1S/C15H18N4O3/c1-8-17-10-5-3-4-9(16)12(10)13(21)19(8)15(2)7-6-11(20)18-14(15)22/h3-5,14,22H,6-7,16H2,1-2H3,(H,18,20). The van der Waals surface area contributed by atoms with Gasteiger partial charge in [0.05, 0.1) is 16.4 Å². The molecule has 1 aliphatic rings. The Morgan fingerprint density at radius 1 is 1.45 bits per heavy atom. The van der Waals surface area contributed by atoms with Gasteiger partial charge < -0.3 is 16.2 Å². The van der Waals surface area contributed by atoms with Crippen LogP contribution in [0.4, 0.5) is 5.69 Å². The second-order valence-corrected chi connectivity index (χ2v) is 5.87. The van der Waals surface area contributed by atoms with Gasteiger partial charge in [-0.2, -0.15) is 0 Å². The first-order chi connectivity index (χ1) is 10.3. The zero-order chi connectivity index (χ0) is 16.1. The number of carbonyl (C=O) groups excluding carboxylic acids is 1. The van der Waals surface area contributed by atoms with Gasteiger partial charge in [-0.25, -0.2) is 4.98 Å². The molecular formula is C15H18N4O3. The van der Waals surface area contributed by atoms with Crippen LogP contribution in [0.15, 0.2) is 23.0 Å². The van der Waals surface area contributed by atoms with E-state index in [9.17, 15) is 14.7 Å². The van der Waals surface area contributed by atoms with Gasteiger partial charge in [0.1, 0.15) is 12.1 Å². The van der Waals surface area contributed by atoms with Crippen LogP contribution in [0.2, 0.25) is 0 Å². The normalized spacial score (nSPS) is 25.2. The Bertz CT molecular complexity index is 829. The third-order valence-electron chi connectivity index (χ3n) is 4.35. The maximum atomic E-state index is 12.9. The number of piperidine rings is 1. The number of carbonyl (C=O) groups is 1. The number of rotatable bonds is 1. The molecule has 2 atom stereocenters. The number of fused-ring (bicyclic) bond motifs is 1. The molecule has 1 fully saturated rings. The molecule has 1 amide bonds. The van der Waals surface area contributed by atoms with Crippen molar-refractivity contribution >= 4 is 22.5 Å². The maximum Gasteiger partial charge on any atom is 0.264 e. The Balaban J connectivity index is 2.29. The molecule has 0 radical (unpaired) electrons. The summed E-state index contributed by atoms with van der Waals surface area (Å²) in [5.41, 5.74) is 5.53. The Morgan fingerprint density at radius 3 is 2.86 bits per heavy atom. The van der Waals surface area contributed by atoms with E-state index in [0.29, 0.717) is 28.8 Å². The molecule has 22 heavy (non-hydrogen) atoms. The van der Waals surface area contributed by atoms with Crippen LogP contribution >= 0.6 is 0 Å². The smallest absolute Gasteiger partial charge is 0.264 e. The third-order valence-corrected chi connectivity index (χ3v) is 4.35. The lowest BCUT2D eigenvalue weighted by atomic mass is 9.89. The van der Waals surface area contributed by atoms with E-state index in [4.69, 9.17) is 5.73 Å². The molecule has 4 N–H and O–H groups in total. The minimum absolute atomic E-state index is 0.232. The van der Waals surface area contributed by atoms with Crippen LogP contribution in [0.5, 0.6) is 0 Å². The van der Waals surface area contributed by atoms with E-state index in [1.54, 1.807) is 32.0 Å². The zero-order valence-corrected chi connectivity index (χ0v) is 12.5. The van der Waals surface area contributed by atoms with Crippen LogP contribution in [0.1, 0.15) is 25.6 Å². The summed E-state index contributed by atoms with van der Waals surface area (Å²) in [7, 11) is 0. The number of aromatic nitrogens is 2. The molecular weight excluding hydrogens is 284 g/mol. The molecule has 1 saturated heterocycles. The van der Waals surface area contributed by atoms with Crippen molar-refractivity contribution in [3.8, 4) is 0 Å². The lowest BCUT2D eigenvalue weighted by Crippen LogP contribution is -2.59. The molecule has 0 bridgehead atoms. The van der Waals surface area contributed by atoms with E-state index in [1.807, 2.05) is 0 Å². The van der Waals surface area contributed by atoms with Gasteiger partial charge in [-0.3, -0.25) is 14.2 Å². The van der Waals surface area contributed by atoms with Crippen molar-refractivity contribution in [1.29, 1.82) is 0 Å².